The average Bonchev–Trinajstić information content (AvgIpc) is 3.12. The highest BCUT2D eigenvalue weighted by molar-refractivity contribution is 5.89. The predicted octanol–water partition coefficient (Wildman–Crippen LogP) is 3.45. The fourth-order valence-electron chi connectivity index (χ4n) is 2.90. The lowest BCUT2D eigenvalue weighted by atomic mass is 10.1. The molecule has 148 valence electrons. The summed E-state index contributed by atoms with van der Waals surface area (Å²) in [5, 5.41) is 13.5. The van der Waals surface area contributed by atoms with Crippen molar-refractivity contribution in [1.29, 1.82) is 0 Å². The zero-order chi connectivity index (χ0) is 20.1. The third-order valence-corrected chi connectivity index (χ3v) is 4.36. The second kappa shape index (κ2) is 8.24. The third kappa shape index (κ3) is 4.76. The summed E-state index contributed by atoms with van der Waals surface area (Å²) in [6.07, 6.45) is 4.23. The summed E-state index contributed by atoms with van der Waals surface area (Å²) in [4.78, 5) is 26.4. The van der Waals surface area contributed by atoms with E-state index < -0.39 is 11.6 Å². The Morgan fingerprint density at radius 1 is 1.29 bits per heavy atom. The van der Waals surface area contributed by atoms with E-state index in [9.17, 15) is 9.90 Å². The lowest BCUT2D eigenvalue weighted by Gasteiger charge is -2.32. The van der Waals surface area contributed by atoms with Crippen LogP contribution in [0.2, 0.25) is 0 Å². The van der Waals surface area contributed by atoms with Gasteiger partial charge in [-0.3, -0.25) is 4.90 Å². The lowest BCUT2D eigenvalue weighted by molar-refractivity contribution is 0.0472. The van der Waals surface area contributed by atoms with Gasteiger partial charge in [-0.05, 0) is 26.8 Å². The minimum Gasteiger partial charge on any atom is -0.489 e. The number of carboxylic acid groups (broad SMARTS) is 1. The number of para-hydroxylation sites is 1. The van der Waals surface area contributed by atoms with E-state index in [1.54, 1.807) is 12.4 Å². The molecule has 2 aromatic rings. The number of carbonyl (C=O) groups is 1. The Balaban J connectivity index is 1.59. The number of rotatable bonds is 6. The summed E-state index contributed by atoms with van der Waals surface area (Å²) < 4.78 is 5.96. The topological polar surface area (TPSA) is 97.1 Å². The van der Waals surface area contributed by atoms with Crippen LogP contribution in [0.25, 0.3) is 11.1 Å². The van der Waals surface area contributed by atoms with E-state index >= 15 is 0 Å². The number of hydrogen-bond acceptors (Lipinski definition) is 6. The van der Waals surface area contributed by atoms with E-state index in [1.165, 1.54) is 11.2 Å². The first-order valence-electron chi connectivity index (χ1n) is 9.04. The van der Waals surface area contributed by atoms with Crippen molar-refractivity contribution in [2.24, 2.45) is 5.16 Å². The molecule has 3 rings (SSSR count). The summed E-state index contributed by atoms with van der Waals surface area (Å²) in [5.41, 5.74) is 1.94. The molecule has 1 atom stereocenters. The van der Waals surface area contributed by atoms with E-state index in [0.717, 1.165) is 11.1 Å². The summed E-state index contributed by atoms with van der Waals surface area (Å²) in [5.74, 6) is 0.705. The van der Waals surface area contributed by atoms with Crippen LogP contribution in [0.1, 0.15) is 27.2 Å². The number of nitrogens with zero attached hydrogens (tertiary/aromatic N) is 4. The number of benzene rings is 1. The summed E-state index contributed by atoms with van der Waals surface area (Å²) in [7, 11) is 0. The Hall–Kier alpha value is -3.16. The van der Waals surface area contributed by atoms with Gasteiger partial charge in [-0.15, -0.1) is 0 Å². The molecule has 1 aromatic heterocycles. The van der Waals surface area contributed by atoms with Crippen LogP contribution in [0.5, 0.6) is 5.75 Å². The fourth-order valence-corrected chi connectivity index (χ4v) is 2.90. The Morgan fingerprint density at radius 2 is 2.00 bits per heavy atom. The van der Waals surface area contributed by atoms with Crippen molar-refractivity contribution in [3.8, 4) is 16.9 Å². The van der Waals surface area contributed by atoms with Crippen LogP contribution in [0, 0.1) is 0 Å². The van der Waals surface area contributed by atoms with Crippen molar-refractivity contribution in [1.82, 2.24) is 14.9 Å². The normalized spacial score (nSPS) is 16.2. The smallest absolute Gasteiger partial charge is 0.408 e. The summed E-state index contributed by atoms with van der Waals surface area (Å²) in [6.45, 7) is 6.07. The molecule has 0 saturated carbocycles. The van der Waals surface area contributed by atoms with Gasteiger partial charge in [0.1, 0.15) is 18.7 Å². The van der Waals surface area contributed by atoms with Gasteiger partial charge in [0.2, 0.25) is 0 Å². The Morgan fingerprint density at radius 3 is 2.68 bits per heavy atom. The first kappa shape index (κ1) is 19.6. The molecule has 8 nitrogen and oxygen atoms in total. The highest BCUT2D eigenvalue weighted by atomic mass is 16.7. The van der Waals surface area contributed by atoms with Crippen LogP contribution >= 0.6 is 0 Å². The van der Waals surface area contributed by atoms with Gasteiger partial charge in [-0.25, -0.2) is 14.8 Å². The second-order valence-corrected chi connectivity index (χ2v) is 7.56. The van der Waals surface area contributed by atoms with Crippen molar-refractivity contribution in [3.63, 3.8) is 0 Å². The zero-order valence-corrected chi connectivity index (χ0v) is 16.2. The third-order valence-electron chi connectivity index (χ3n) is 4.36. The molecule has 0 saturated heterocycles. The minimum atomic E-state index is -0.978. The molecule has 0 radical (unpaired) electrons. The van der Waals surface area contributed by atoms with Crippen LogP contribution in [0.3, 0.4) is 0 Å². The van der Waals surface area contributed by atoms with E-state index in [1.807, 2.05) is 45.0 Å². The SMILES string of the molecule is CC(C)(C)N(CC1=NOC(COc2ccccc2-c2cncnc2)C1)C(=O)O. The summed E-state index contributed by atoms with van der Waals surface area (Å²) in [6, 6.07) is 7.65. The van der Waals surface area contributed by atoms with E-state index in [-0.39, 0.29) is 12.6 Å². The number of oxime groups is 1. The Bertz CT molecular complexity index is 849. The van der Waals surface area contributed by atoms with Gasteiger partial charge in [-0.2, -0.15) is 0 Å². The molecule has 1 amide bonds. The van der Waals surface area contributed by atoms with Crippen molar-refractivity contribution in [2.45, 2.75) is 38.8 Å². The molecular weight excluding hydrogens is 360 g/mol. The van der Waals surface area contributed by atoms with Gasteiger partial charge < -0.3 is 14.7 Å². The van der Waals surface area contributed by atoms with E-state index in [2.05, 4.69) is 15.1 Å². The van der Waals surface area contributed by atoms with E-state index in [0.29, 0.717) is 24.5 Å². The maximum Gasteiger partial charge on any atom is 0.408 e. The molecule has 1 unspecified atom stereocenters. The highest BCUT2D eigenvalue weighted by Gasteiger charge is 2.31. The van der Waals surface area contributed by atoms with Crippen LogP contribution < -0.4 is 4.74 Å². The van der Waals surface area contributed by atoms with Crippen LogP contribution in [0.4, 0.5) is 4.79 Å². The molecule has 1 aliphatic rings. The van der Waals surface area contributed by atoms with Gasteiger partial charge in [0.25, 0.3) is 0 Å². The predicted molar refractivity (Wildman–Crippen MR) is 104 cm³/mol. The fraction of sp³-hybridized carbons (Fsp3) is 0.400. The number of ether oxygens (including phenoxy) is 1. The Labute approximate surface area is 163 Å². The molecule has 0 spiro atoms. The number of hydrogen-bond donors (Lipinski definition) is 1. The van der Waals surface area contributed by atoms with Crippen molar-refractivity contribution >= 4 is 11.8 Å². The van der Waals surface area contributed by atoms with E-state index in [4.69, 9.17) is 9.57 Å². The molecule has 1 aromatic carbocycles. The zero-order valence-electron chi connectivity index (χ0n) is 16.2. The minimum absolute atomic E-state index is 0.216. The number of amides is 1. The van der Waals surface area contributed by atoms with Crippen molar-refractivity contribution in [2.75, 3.05) is 13.2 Å². The molecule has 0 bridgehead atoms. The first-order chi connectivity index (χ1) is 13.3. The van der Waals surface area contributed by atoms with Gasteiger partial charge in [-0.1, -0.05) is 23.4 Å². The average molecular weight is 384 g/mol. The monoisotopic (exact) mass is 384 g/mol. The molecular formula is C20H24N4O4. The maximum absolute atomic E-state index is 11.5. The molecule has 0 fully saturated rings. The summed E-state index contributed by atoms with van der Waals surface area (Å²) >= 11 is 0. The van der Waals surface area contributed by atoms with Gasteiger partial charge in [0.15, 0.2) is 6.10 Å². The van der Waals surface area contributed by atoms with Crippen LogP contribution in [-0.2, 0) is 4.84 Å². The van der Waals surface area contributed by atoms with Crippen LogP contribution in [0.15, 0.2) is 48.1 Å². The lowest BCUT2D eigenvalue weighted by Crippen LogP contribution is -2.47. The quantitative estimate of drug-likeness (QED) is 0.819. The largest absolute Gasteiger partial charge is 0.489 e. The van der Waals surface area contributed by atoms with Gasteiger partial charge >= 0.3 is 6.09 Å². The van der Waals surface area contributed by atoms with Crippen LogP contribution in [-0.4, -0.2) is 56.6 Å². The van der Waals surface area contributed by atoms with Crippen molar-refractivity contribution in [3.05, 3.63) is 43.0 Å². The molecule has 0 aliphatic carbocycles. The molecule has 1 aliphatic heterocycles. The van der Waals surface area contributed by atoms with Gasteiger partial charge in [0.05, 0.1) is 12.3 Å². The molecule has 8 heteroatoms. The number of aromatic nitrogens is 2. The second-order valence-electron chi connectivity index (χ2n) is 7.56. The molecule has 2 heterocycles. The highest BCUT2D eigenvalue weighted by Crippen LogP contribution is 2.29. The molecule has 1 N–H and O–H groups in total. The first-order valence-corrected chi connectivity index (χ1v) is 9.04. The Kier molecular flexibility index (Phi) is 5.77. The maximum atomic E-state index is 11.5. The van der Waals surface area contributed by atoms with Crippen molar-refractivity contribution < 1.29 is 19.5 Å². The molecule has 28 heavy (non-hydrogen) atoms. The van der Waals surface area contributed by atoms with Gasteiger partial charge in [0, 0.05) is 35.5 Å². The standard InChI is InChI=1S/C20H24N4O4/c1-20(2,3)24(19(25)26)11-15-8-16(28-23-15)12-27-18-7-5-4-6-17(18)14-9-21-13-22-10-14/h4-7,9-10,13,16H,8,11-12H2,1-3H3,(H,25,26).